The van der Waals surface area contributed by atoms with E-state index in [2.05, 4.69) is 23.5 Å². The zero-order chi connectivity index (χ0) is 13.2. The molecular formula is C16H14ClNO. The van der Waals surface area contributed by atoms with Crippen molar-refractivity contribution in [2.75, 3.05) is 5.32 Å². The van der Waals surface area contributed by atoms with Gasteiger partial charge in [0.15, 0.2) is 0 Å². The van der Waals surface area contributed by atoms with E-state index >= 15 is 0 Å². The third kappa shape index (κ3) is 2.36. The Morgan fingerprint density at radius 3 is 2.47 bits per heavy atom. The van der Waals surface area contributed by atoms with Crippen molar-refractivity contribution < 1.29 is 4.79 Å². The second kappa shape index (κ2) is 5.06. The summed E-state index contributed by atoms with van der Waals surface area (Å²) < 4.78 is 0. The number of amides is 1. The van der Waals surface area contributed by atoms with Crippen LogP contribution < -0.4 is 5.32 Å². The number of carbonyl (C=O) groups excluding carboxylic acids is 1. The van der Waals surface area contributed by atoms with Crippen molar-refractivity contribution in [3.05, 3.63) is 65.7 Å². The zero-order valence-corrected chi connectivity index (χ0v) is 11.1. The van der Waals surface area contributed by atoms with Gasteiger partial charge in [0, 0.05) is 11.6 Å². The highest BCUT2D eigenvalue weighted by Crippen LogP contribution is 2.37. The molecule has 1 N–H and O–H groups in total. The van der Waals surface area contributed by atoms with Crippen molar-refractivity contribution in [3.8, 4) is 0 Å². The average Bonchev–Trinajstić information content (AvgIpc) is 2.58. The Hall–Kier alpha value is -1.80. The van der Waals surface area contributed by atoms with Gasteiger partial charge in [0.1, 0.15) is 5.38 Å². The smallest absolute Gasteiger partial charge is 0.242 e. The van der Waals surface area contributed by atoms with Gasteiger partial charge in [0.2, 0.25) is 5.91 Å². The van der Waals surface area contributed by atoms with E-state index in [1.165, 1.54) is 5.56 Å². The lowest BCUT2D eigenvalue weighted by Gasteiger charge is -2.18. The number of rotatable bonds is 1. The number of anilines is 1. The van der Waals surface area contributed by atoms with Gasteiger partial charge in [-0.1, -0.05) is 48.5 Å². The highest BCUT2D eigenvalue weighted by atomic mass is 35.5. The van der Waals surface area contributed by atoms with Crippen molar-refractivity contribution in [1.82, 2.24) is 0 Å². The Labute approximate surface area is 117 Å². The van der Waals surface area contributed by atoms with Gasteiger partial charge in [0.05, 0.1) is 0 Å². The SMILES string of the molecule is O=C1Nc2ccccc2C(c2ccccc2)CC1Cl. The molecule has 1 aliphatic heterocycles. The molecular weight excluding hydrogens is 258 g/mol. The Morgan fingerprint density at radius 1 is 1.00 bits per heavy atom. The number of carbonyl (C=O) groups is 1. The summed E-state index contributed by atoms with van der Waals surface area (Å²) in [4.78, 5) is 11.9. The molecule has 19 heavy (non-hydrogen) atoms. The molecule has 0 saturated carbocycles. The predicted molar refractivity (Wildman–Crippen MR) is 77.6 cm³/mol. The standard InChI is InChI=1S/C16H14ClNO/c17-14-10-13(11-6-2-1-3-7-11)12-8-4-5-9-15(12)18-16(14)19/h1-9,13-14H,10H2,(H,18,19). The molecule has 3 heteroatoms. The zero-order valence-electron chi connectivity index (χ0n) is 10.3. The first-order chi connectivity index (χ1) is 9.25. The Bertz CT molecular complexity index is 597. The largest absolute Gasteiger partial charge is 0.325 e. The maximum atomic E-state index is 11.9. The molecule has 2 aromatic rings. The normalized spacial score (nSPS) is 22.3. The average molecular weight is 272 g/mol. The fourth-order valence-electron chi connectivity index (χ4n) is 2.57. The number of halogens is 1. The molecule has 0 spiro atoms. The number of alkyl halides is 1. The van der Waals surface area contributed by atoms with Crippen LogP contribution in [0.5, 0.6) is 0 Å². The summed E-state index contributed by atoms with van der Waals surface area (Å²) in [6, 6.07) is 18.1. The van der Waals surface area contributed by atoms with Crippen LogP contribution in [0.2, 0.25) is 0 Å². The summed E-state index contributed by atoms with van der Waals surface area (Å²) in [6.07, 6.45) is 0.619. The molecule has 0 fully saturated rings. The minimum Gasteiger partial charge on any atom is -0.325 e. The number of para-hydroxylation sites is 1. The van der Waals surface area contributed by atoms with Crippen LogP contribution in [0, 0.1) is 0 Å². The third-order valence-corrected chi connectivity index (χ3v) is 3.90. The molecule has 1 heterocycles. The van der Waals surface area contributed by atoms with Crippen LogP contribution >= 0.6 is 11.6 Å². The summed E-state index contributed by atoms with van der Waals surface area (Å²) >= 11 is 6.19. The maximum absolute atomic E-state index is 11.9. The lowest BCUT2D eigenvalue weighted by molar-refractivity contribution is -0.115. The first-order valence-corrected chi connectivity index (χ1v) is 6.78. The van der Waals surface area contributed by atoms with Crippen LogP contribution in [0.15, 0.2) is 54.6 Å². The second-order valence-corrected chi connectivity index (χ2v) is 5.27. The minimum absolute atomic E-state index is 0.118. The van der Waals surface area contributed by atoms with Crippen LogP contribution in [0.4, 0.5) is 5.69 Å². The van der Waals surface area contributed by atoms with Gasteiger partial charge in [0.25, 0.3) is 0 Å². The van der Waals surface area contributed by atoms with Crippen molar-refractivity contribution in [2.24, 2.45) is 0 Å². The molecule has 96 valence electrons. The van der Waals surface area contributed by atoms with E-state index in [0.29, 0.717) is 6.42 Å². The van der Waals surface area contributed by atoms with Gasteiger partial charge in [-0.05, 0) is 23.6 Å². The van der Waals surface area contributed by atoms with Crippen molar-refractivity contribution in [1.29, 1.82) is 0 Å². The van der Waals surface area contributed by atoms with Crippen molar-refractivity contribution in [3.63, 3.8) is 0 Å². The van der Waals surface area contributed by atoms with Gasteiger partial charge in [-0.25, -0.2) is 0 Å². The Kier molecular flexibility index (Phi) is 3.26. The summed E-state index contributed by atoms with van der Waals surface area (Å²) in [7, 11) is 0. The monoisotopic (exact) mass is 271 g/mol. The molecule has 0 radical (unpaired) electrons. The van der Waals surface area contributed by atoms with Crippen molar-refractivity contribution >= 4 is 23.2 Å². The number of hydrogen-bond donors (Lipinski definition) is 1. The molecule has 3 rings (SSSR count). The molecule has 2 atom stereocenters. The maximum Gasteiger partial charge on any atom is 0.242 e. The number of hydrogen-bond acceptors (Lipinski definition) is 1. The van der Waals surface area contributed by atoms with Crippen LogP contribution in [-0.2, 0) is 4.79 Å². The van der Waals surface area contributed by atoms with E-state index in [9.17, 15) is 4.79 Å². The fourth-order valence-corrected chi connectivity index (χ4v) is 2.80. The molecule has 1 amide bonds. The fraction of sp³-hybridized carbons (Fsp3) is 0.188. The van der Waals surface area contributed by atoms with Gasteiger partial charge in [-0.15, -0.1) is 11.6 Å². The van der Waals surface area contributed by atoms with E-state index in [-0.39, 0.29) is 11.8 Å². The Balaban J connectivity index is 2.10. The number of fused-ring (bicyclic) bond motifs is 1. The van der Waals surface area contributed by atoms with Crippen LogP contribution in [-0.4, -0.2) is 11.3 Å². The highest BCUT2D eigenvalue weighted by Gasteiger charge is 2.29. The lowest BCUT2D eigenvalue weighted by Crippen LogP contribution is -2.21. The van der Waals surface area contributed by atoms with Gasteiger partial charge >= 0.3 is 0 Å². The van der Waals surface area contributed by atoms with Crippen LogP contribution in [0.1, 0.15) is 23.5 Å². The molecule has 0 saturated heterocycles. The van der Waals surface area contributed by atoms with E-state index in [4.69, 9.17) is 11.6 Å². The Morgan fingerprint density at radius 2 is 1.68 bits per heavy atom. The van der Waals surface area contributed by atoms with Gasteiger partial charge in [-0.3, -0.25) is 4.79 Å². The first-order valence-electron chi connectivity index (χ1n) is 6.34. The summed E-state index contributed by atoms with van der Waals surface area (Å²) in [6.45, 7) is 0. The quantitative estimate of drug-likeness (QED) is 0.786. The van der Waals surface area contributed by atoms with Crippen LogP contribution in [0.3, 0.4) is 0 Å². The van der Waals surface area contributed by atoms with Gasteiger partial charge < -0.3 is 5.32 Å². The van der Waals surface area contributed by atoms with E-state index in [1.54, 1.807) is 0 Å². The molecule has 0 aromatic heterocycles. The molecule has 2 aromatic carbocycles. The summed E-state index contributed by atoms with van der Waals surface area (Å²) in [5, 5.41) is 2.40. The third-order valence-electron chi connectivity index (χ3n) is 3.52. The molecule has 2 nitrogen and oxygen atoms in total. The second-order valence-electron chi connectivity index (χ2n) is 4.74. The van der Waals surface area contributed by atoms with E-state index in [0.717, 1.165) is 11.3 Å². The molecule has 0 aliphatic carbocycles. The molecule has 0 bridgehead atoms. The minimum atomic E-state index is -0.502. The molecule has 2 unspecified atom stereocenters. The van der Waals surface area contributed by atoms with E-state index < -0.39 is 5.38 Å². The summed E-state index contributed by atoms with van der Waals surface area (Å²) in [5.74, 6) is 0.0337. The lowest BCUT2D eigenvalue weighted by atomic mass is 9.87. The topological polar surface area (TPSA) is 29.1 Å². The van der Waals surface area contributed by atoms with Crippen LogP contribution in [0.25, 0.3) is 0 Å². The number of nitrogens with one attached hydrogen (secondary N) is 1. The van der Waals surface area contributed by atoms with Gasteiger partial charge in [-0.2, -0.15) is 0 Å². The van der Waals surface area contributed by atoms with E-state index in [1.807, 2.05) is 36.4 Å². The highest BCUT2D eigenvalue weighted by molar-refractivity contribution is 6.32. The first kappa shape index (κ1) is 12.2. The number of benzene rings is 2. The predicted octanol–water partition coefficient (Wildman–Crippen LogP) is 3.77. The molecule has 1 aliphatic rings. The summed E-state index contributed by atoms with van der Waals surface area (Å²) in [5.41, 5.74) is 3.19. The van der Waals surface area contributed by atoms with Crippen molar-refractivity contribution in [2.45, 2.75) is 17.7 Å².